The summed E-state index contributed by atoms with van der Waals surface area (Å²) in [5.74, 6) is 1.14. The number of methoxy groups -OCH3 is 1. The first kappa shape index (κ1) is 13.0. The maximum atomic E-state index is 12.3. The first-order valence-corrected chi connectivity index (χ1v) is 7.12. The topological polar surface area (TPSA) is 31.2 Å². The predicted molar refractivity (Wildman–Crippen MR) is 78.4 cm³/mol. The number of aryl methyl sites for hydroxylation is 1. The van der Waals surface area contributed by atoms with Crippen molar-refractivity contribution in [2.45, 2.75) is 32.2 Å². The van der Waals surface area contributed by atoms with Gasteiger partial charge in [-0.15, -0.1) is 0 Å². The van der Waals surface area contributed by atoms with E-state index in [-0.39, 0.29) is 5.78 Å². The molecule has 3 nitrogen and oxygen atoms in total. The highest BCUT2D eigenvalue weighted by molar-refractivity contribution is 5.96. The Kier molecular flexibility index (Phi) is 3.59. The molecule has 0 N–H and O–H groups in total. The molecule has 0 bridgehead atoms. The van der Waals surface area contributed by atoms with Gasteiger partial charge in [0.25, 0.3) is 0 Å². The van der Waals surface area contributed by atoms with Gasteiger partial charge in [0.05, 0.1) is 12.8 Å². The molecule has 0 amide bonds. The van der Waals surface area contributed by atoms with Crippen molar-refractivity contribution >= 4 is 5.78 Å². The average molecular weight is 269 g/mol. The second-order valence-electron chi connectivity index (χ2n) is 5.30. The number of fused-ring (bicyclic) bond motifs is 1. The smallest absolute Gasteiger partial charge is 0.179 e. The Morgan fingerprint density at radius 3 is 2.90 bits per heavy atom. The minimum atomic E-state index is 0.283. The van der Waals surface area contributed by atoms with Crippen LogP contribution in [0, 0.1) is 0 Å². The first-order chi connectivity index (χ1) is 9.78. The van der Waals surface area contributed by atoms with Crippen LogP contribution in [0.15, 0.2) is 36.5 Å². The fourth-order valence-corrected chi connectivity index (χ4v) is 2.88. The second kappa shape index (κ2) is 5.53. The molecule has 3 rings (SSSR count). The van der Waals surface area contributed by atoms with Gasteiger partial charge in [0.2, 0.25) is 0 Å². The van der Waals surface area contributed by atoms with Crippen molar-refractivity contribution in [1.29, 1.82) is 0 Å². The number of rotatable bonds is 3. The molecule has 0 atom stereocenters. The monoisotopic (exact) mass is 269 g/mol. The zero-order valence-electron chi connectivity index (χ0n) is 11.8. The van der Waals surface area contributed by atoms with Crippen molar-refractivity contribution in [1.82, 2.24) is 4.57 Å². The standard InChI is InChI=1S/C17H19NO2/c1-20-15-7-4-5-13(11-15)12-18-10-9-14-6-2-3-8-16(19)17(14)18/h4-5,7,9-11H,2-3,6,8,12H2,1H3. The van der Waals surface area contributed by atoms with Gasteiger partial charge in [-0.25, -0.2) is 0 Å². The van der Waals surface area contributed by atoms with E-state index in [1.807, 2.05) is 24.4 Å². The van der Waals surface area contributed by atoms with Crippen LogP contribution in [0.3, 0.4) is 0 Å². The summed E-state index contributed by atoms with van der Waals surface area (Å²) in [4.78, 5) is 12.3. The number of carbonyl (C=O) groups excluding carboxylic acids is 1. The minimum absolute atomic E-state index is 0.283. The van der Waals surface area contributed by atoms with Crippen LogP contribution in [-0.2, 0) is 13.0 Å². The third kappa shape index (κ3) is 2.48. The third-order valence-electron chi connectivity index (χ3n) is 3.90. The number of hydrogen-bond acceptors (Lipinski definition) is 2. The van der Waals surface area contributed by atoms with Crippen molar-refractivity contribution in [2.24, 2.45) is 0 Å². The van der Waals surface area contributed by atoms with E-state index >= 15 is 0 Å². The van der Waals surface area contributed by atoms with Crippen LogP contribution in [0.5, 0.6) is 5.75 Å². The molecular weight excluding hydrogens is 250 g/mol. The van der Waals surface area contributed by atoms with Crippen molar-refractivity contribution in [2.75, 3.05) is 7.11 Å². The molecule has 0 fully saturated rings. The molecule has 0 saturated heterocycles. The third-order valence-corrected chi connectivity index (χ3v) is 3.90. The highest BCUT2D eigenvalue weighted by Crippen LogP contribution is 2.23. The first-order valence-electron chi connectivity index (χ1n) is 7.12. The Hall–Kier alpha value is -2.03. The molecule has 2 aromatic rings. The van der Waals surface area contributed by atoms with Gasteiger partial charge in [-0.2, -0.15) is 0 Å². The van der Waals surface area contributed by atoms with Gasteiger partial charge < -0.3 is 9.30 Å². The highest BCUT2D eigenvalue weighted by atomic mass is 16.5. The maximum absolute atomic E-state index is 12.3. The summed E-state index contributed by atoms with van der Waals surface area (Å²) in [6, 6.07) is 10.1. The molecule has 3 heteroatoms. The Labute approximate surface area is 119 Å². The molecule has 0 unspecified atom stereocenters. The van der Waals surface area contributed by atoms with Crippen molar-refractivity contribution < 1.29 is 9.53 Å². The number of nitrogens with zero attached hydrogens (tertiary/aromatic N) is 1. The Balaban J connectivity index is 1.91. The van der Waals surface area contributed by atoms with Gasteiger partial charge in [-0.3, -0.25) is 4.79 Å². The Morgan fingerprint density at radius 2 is 2.05 bits per heavy atom. The van der Waals surface area contributed by atoms with Gasteiger partial charge in [-0.1, -0.05) is 12.1 Å². The lowest BCUT2D eigenvalue weighted by molar-refractivity contribution is 0.0973. The fourth-order valence-electron chi connectivity index (χ4n) is 2.88. The summed E-state index contributed by atoms with van der Waals surface area (Å²) in [5, 5.41) is 0. The van der Waals surface area contributed by atoms with E-state index in [9.17, 15) is 4.79 Å². The number of carbonyl (C=O) groups is 1. The van der Waals surface area contributed by atoms with Crippen LogP contribution in [-0.4, -0.2) is 17.5 Å². The normalized spacial score (nSPS) is 14.8. The van der Waals surface area contributed by atoms with E-state index in [4.69, 9.17) is 4.74 Å². The Morgan fingerprint density at radius 1 is 1.20 bits per heavy atom. The van der Waals surface area contributed by atoms with Crippen molar-refractivity contribution in [3.63, 3.8) is 0 Å². The quantitative estimate of drug-likeness (QED) is 0.799. The number of ether oxygens (including phenoxy) is 1. The van der Waals surface area contributed by atoms with E-state index in [2.05, 4.69) is 16.7 Å². The van der Waals surface area contributed by atoms with E-state index in [1.165, 1.54) is 5.56 Å². The number of aromatic nitrogens is 1. The molecule has 1 aromatic carbocycles. The van der Waals surface area contributed by atoms with Crippen molar-refractivity contribution in [3.8, 4) is 5.75 Å². The summed E-state index contributed by atoms with van der Waals surface area (Å²) in [6.45, 7) is 0.721. The molecule has 104 valence electrons. The molecule has 0 aliphatic heterocycles. The van der Waals surface area contributed by atoms with Gasteiger partial charge in [-0.05, 0) is 48.6 Å². The van der Waals surface area contributed by atoms with Crippen molar-refractivity contribution in [3.05, 3.63) is 53.3 Å². The fraction of sp³-hybridized carbons (Fsp3) is 0.353. The largest absolute Gasteiger partial charge is 0.497 e. The molecule has 0 saturated carbocycles. The molecule has 1 heterocycles. The summed E-state index contributed by atoms with van der Waals surface area (Å²) in [6.07, 6.45) is 5.85. The lowest BCUT2D eigenvalue weighted by atomic mass is 10.1. The predicted octanol–water partition coefficient (Wildman–Crippen LogP) is 3.45. The average Bonchev–Trinajstić information content (AvgIpc) is 2.76. The van der Waals surface area contributed by atoms with Crippen LogP contribution < -0.4 is 4.74 Å². The zero-order chi connectivity index (χ0) is 13.9. The minimum Gasteiger partial charge on any atom is -0.497 e. The highest BCUT2D eigenvalue weighted by Gasteiger charge is 2.19. The van der Waals surface area contributed by atoms with E-state index in [0.29, 0.717) is 6.42 Å². The SMILES string of the molecule is COc1cccc(Cn2ccc3c2C(=O)CCCC3)c1. The molecule has 1 aliphatic rings. The van der Waals surface area contributed by atoms with E-state index in [0.717, 1.165) is 42.8 Å². The number of hydrogen-bond donors (Lipinski definition) is 0. The lowest BCUT2D eigenvalue weighted by Gasteiger charge is -2.10. The summed E-state index contributed by atoms with van der Waals surface area (Å²) in [5.41, 5.74) is 3.26. The van der Waals surface area contributed by atoms with Gasteiger partial charge in [0, 0.05) is 19.2 Å². The lowest BCUT2D eigenvalue weighted by Crippen LogP contribution is -2.10. The number of Topliss-reactive ketones (excluding diaryl/α,β-unsaturated/α-hetero) is 1. The summed E-state index contributed by atoms with van der Waals surface area (Å²) in [7, 11) is 1.67. The van der Waals surface area contributed by atoms with Crippen LogP contribution >= 0.6 is 0 Å². The summed E-state index contributed by atoms with van der Waals surface area (Å²) >= 11 is 0. The van der Waals surface area contributed by atoms with Crippen LogP contribution in [0.25, 0.3) is 0 Å². The van der Waals surface area contributed by atoms with Crippen LogP contribution in [0.2, 0.25) is 0 Å². The van der Waals surface area contributed by atoms with Crippen LogP contribution in [0.1, 0.15) is 40.9 Å². The maximum Gasteiger partial charge on any atom is 0.179 e. The second-order valence-corrected chi connectivity index (χ2v) is 5.30. The molecule has 0 spiro atoms. The van der Waals surface area contributed by atoms with Gasteiger partial charge in [0.1, 0.15) is 5.75 Å². The molecule has 0 radical (unpaired) electrons. The molecule has 20 heavy (non-hydrogen) atoms. The van der Waals surface area contributed by atoms with Crippen LogP contribution in [0.4, 0.5) is 0 Å². The van der Waals surface area contributed by atoms with Gasteiger partial charge in [0.15, 0.2) is 5.78 Å². The summed E-state index contributed by atoms with van der Waals surface area (Å²) < 4.78 is 7.33. The molecular formula is C17H19NO2. The van der Waals surface area contributed by atoms with E-state index in [1.54, 1.807) is 7.11 Å². The molecule has 1 aromatic heterocycles. The zero-order valence-corrected chi connectivity index (χ0v) is 11.8. The molecule has 1 aliphatic carbocycles. The van der Waals surface area contributed by atoms with E-state index < -0.39 is 0 Å². The Bertz CT molecular complexity index is 628. The van der Waals surface area contributed by atoms with Gasteiger partial charge >= 0.3 is 0 Å². The number of ketones is 1. The number of benzene rings is 1.